The molecule has 0 aliphatic carbocycles. The number of benzene rings is 1. The first kappa shape index (κ1) is 15.8. The molecule has 1 heterocycles. The molecule has 2 rings (SSSR count). The highest BCUT2D eigenvalue weighted by molar-refractivity contribution is 5.33. The first-order valence-electron chi connectivity index (χ1n) is 7.49. The third-order valence-corrected chi connectivity index (χ3v) is 3.51. The minimum Gasteiger partial charge on any atom is -0.494 e. The van der Waals surface area contributed by atoms with Gasteiger partial charge in [0.25, 0.3) is 0 Å². The van der Waals surface area contributed by atoms with E-state index in [0.29, 0.717) is 6.61 Å². The zero-order valence-corrected chi connectivity index (χ0v) is 12.5. The smallest absolute Gasteiger partial charge is 0.121 e. The van der Waals surface area contributed by atoms with Gasteiger partial charge in [-0.2, -0.15) is 5.26 Å². The van der Waals surface area contributed by atoms with Gasteiger partial charge in [-0.1, -0.05) is 12.1 Å². The predicted molar refractivity (Wildman–Crippen MR) is 81.2 cm³/mol. The van der Waals surface area contributed by atoms with Crippen molar-refractivity contribution in [3.63, 3.8) is 0 Å². The third-order valence-electron chi connectivity index (χ3n) is 3.51. The standard InChI is InChI=1S/C16H23N3O2/c1-2-21-15-5-3-4-14(12-15)16(13-17)18-6-7-19-8-10-20-11-9-19/h3-5,12,16,18H,2,6-11H2,1H3. The van der Waals surface area contributed by atoms with E-state index in [1.54, 1.807) is 0 Å². The van der Waals surface area contributed by atoms with Crippen molar-refractivity contribution in [1.82, 2.24) is 10.2 Å². The molecule has 1 aromatic carbocycles. The van der Waals surface area contributed by atoms with Crippen molar-refractivity contribution in [2.45, 2.75) is 13.0 Å². The Morgan fingerprint density at radius 3 is 2.95 bits per heavy atom. The number of hydrogen-bond acceptors (Lipinski definition) is 5. The minimum absolute atomic E-state index is 0.300. The number of morpholine rings is 1. The van der Waals surface area contributed by atoms with E-state index in [0.717, 1.165) is 50.7 Å². The largest absolute Gasteiger partial charge is 0.494 e. The van der Waals surface area contributed by atoms with Gasteiger partial charge in [-0.15, -0.1) is 0 Å². The molecule has 1 atom stereocenters. The molecule has 0 radical (unpaired) electrons. The van der Waals surface area contributed by atoms with Gasteiger partial charge >= 0.3 is 0 Å². The molecule has 114 valence electrons. The summed E-state index contributed by atoms with van der Waals surface area (Å²) >= 11 is 0. The van der Waals surface area contributed by atoms with E-state index in [2.05, 4.69) is 16.3 Å². The molecule has 0 saturated carbocycles. The molecule has 0 amide bonds. The first-order valence-corrected chi connectivity index (χ1v) is 7.49. The van der Waals surface area contributed by atoms with Crippen LogP contribution in [0.25, 0.3) is 0 Å². The molecule has 0 bridgehead atoms. The average molecular weight is 289 g/mol. The van der Waals surface area contributed by atoms with Gasteiger partial charge in [0.2, 0.25) is 0 Å². The van der Waals surface area contributed by atoms with E-state index in [1.807, 2.05) is 31.2 Å². The molecular weight excluding hydrogens is 266 g/mol. The Morgan fingerprint density at radius 1 is 1.43 bits per heavy atom. The summed E-state index contributed by atoms with van der Waals surface area (Å²) in [5.41, 5.74) is 0.949. The van der Waals surface area contributed by atoms with Gasteiger partial charge in [0.05, 0.1) is 25.9 Å². The van der Waals surface area contributed by atoms with Crippen LogP contribution in [0.3, 0.4) is 0 Å². The van der Waals surface area contributed by atoms with Crippen LogP contribution in [0.15, 0.2) is 24.3 Å². The Morgan fingerprint density at radius 2 is 2.24 bits per heavy atom. The van der Waals surface area contributed by atoms with E-state index < -0.39 is 0 Å². The average Bonchev–Trinajstić information content (AvgIpc) is 2.53. The van der Waals surface area contributed by atoms with Gasteiger partial charge in [-0.25, -0.2) is 0 Å². The van der Waals surface area contributed by atoms with Crippen molar-refractivity contribution >= 4 is 0 Å². The van der Waals surface area contributed by atoms with E-state index in [4.69, 9.17) is 9.47 Å². The van der Waals surface area contributed by atoms with Crippen molar-refractivity contribution < 1.29 is 9.47 Å². The molecular formula is C16H23N3O2. The lowest BCUT2D eigenvalue weighted by Crippen LogP contribution is -2.40. The molecule has 1 fully saturated rings. The molecule has 0 aromatic heterocycles. The van der Waals surface area contributed by atoms with E-state index in [1.165, 1.54) is 0 Å². The van der Waals surface area contributed by atoms with Crippen LogP contribution in [-0.4, -0.2) is 50.9 Å². The maximum Gasteiger partial charge on any atom is 0.121 e. The van der Waals surface area contributed by atoms with Crippen LogP contribution in [0.1, 0.15) is 18.5 Å². The fourth-order valence-corrected chi connectivity index (χ4v) is 2.38. The van der Waals surface area contributed by atoms with Crippen LogP contribution in [0.5, 0.6) is 5.75 Å². The summed E-state index contributed by atoms with van der Waals surface area (Å²) < 4.78 is 10.8. The van der Waals surface area contributed by atoms with Gasteiger partial charge in [0, 0.05) is 26.2 Å². The predicted octanol–water partition coefficient (Wildman–Crippen LogP) is 1.57. The topological polar surface area (TPSA) is 57.5 Å². The zero-order chi connectivity index (χ0) is 14.9. The second-order valence-corrected chi connectivity index (χ2v) is 4.98. The second-order valence-electron chi connectivity index (χ2n) is 4.98. The van der Waals surface area contributed by atoms with Gasteiger partial charge in [0.15, 0.2) is 0 Å². The van der Waals surface area contributed by atoms with Crippen LogP contribution in [0.2, 0.25) is 0 Å². The normalized spacial score (nSPS) is 17.1. The third kappa shape index (κ3) is 5.01. The van der Waals surface area contributed by atoms with Crippen molar-refractivity contribution in [2.75, 3.05) is 46.0 Å². The van der Waals surface area contributed by atoms with Crippen LogP contribution in [0, 0.1) is 11.3 Å². The highest BCUT2D eigenvalue weighted by atomic mass is 16.5. The lowest BCUT2D eigenvalue weighted by molar-refractivity contribution is 0.0383. The summed E-state index contributed by atoms with van der Waals surface area (Å²) in [6.07, 6.45) is 0. The number of nitriles is 1. The molecule has 5 heteroatoms. The summed E-state index contributed by atoms with van der Waals surface area (Å²) in [5, 5.41) is 12.7. The number of nitrogens with zero attached hydrogens (tertiary/aromatic N) is 2. The summed E-state index contributed by atoms with van der Waals surface area (Å²) in [4.78, 5) is 2.35. The minimum atomic E-state index is -0.300. The monoisotopic (exact) mass is 289 g/mol. The summed E-state index contributed by atoms with van der Waals surface area (Å²) in [6.45, 7) is 7.86. The highest BCUT2D eigenvalue weighted by Gasteiger charge is 2.13. The van der Waals surface area contributed by atoms with Gasteiger partial charge in [0.1, 0.15) is 11.8 Å². The Balaban J connectivity index is 1.84. The van der Waals surface area contributed by atoms with Crippen LogP contribution >= 0.6 is 0 Å². The highest BCUT2D eigenvalue weighted by Crippen LogP contribution is 2.19. The number of hydrogen-bond donors (Lipinski definition) is 1. The van der Waals surface area contributed by atoms with E-state index in [9.17, 15) is 5.26 Å². The second kappa shape index (κ2) is 8.63. The van der Waals surface area contributed by atoms with Crippen molar-refractivity contribution in [1.29, 1.82) is 5.26 Å². The van der Waals surface area contributed by atoms with Crippen molar-refractivity contribution in [3.05, 3.63) is 29.8 Å². The Hall–Kier alpha value is -1.61. The molecule has 1 N–H and O–H groups in total. The molecule has 1 aliphatic rings. The zero-order valence-electron chi connectivity index (χ0n) is 12.5. The maximum absolute atomic E-state index is 9.35. The lowest BCUT2D eigenvalue weighted by atomic mass is 10.1. The van der Waals surface area contributed by atoms with E-state index >= 15 is 0 Å². The Labute approximate surface area is 126 Å². The SMILES string of the molecule is CCOc1cccc(C(C#N)NCCN2CCOCC2)c1. The molecule has 21 heavy (non-hydrogen) atoms. The summed E-state index contributed by atoms with van der Waals surface area (Å²) in [6, 6.07) is 9.74. The molecule has 1 saturated heterocycles. The summed E-state index contributed by atoms with van der Waals surface area (Å²) in [7, 11) is 0. The van der Waals surface area contributed by atoms with Crippen molar-refractivity contribution in [2.24, 2.45) is 0 Å². The molecule has 0 spiro atoms. The van der Waals surface area contributed by atoms with Crippen LogP contribution in [-0.2, 0) is 4.74 Å². The first-order chi connectivity index (χ1) is 10.3. The van der Waals surface area contributed by atoms with Gasteiger partial charge in [-0.05, 0) is 24.6 Å². The number of nitrogens with one attached hydrogen (secondary N) is 1. The van der Waals surface area contributed by atoms with Crippen LogP contribution < -0.4 is 10.1 Å². The fourth-order valence-electron chi connectivity index (χ4n) is 2.38. The molecule has 5 nitrogen and oxygen atoms in total. The van der Waals surface area contributed by atoms with E-state index in [-0.39, 0.29) is 6.04 Å². The summed E-state index contributed by atoms with van der Waals surface area (Å²) in [5.74, 6) is 0.810. The number of ether oxygens (including phenoxy) is 2. The lowest BCUT2D eigenvalue weighted by Gasteiger charge is -2.27. The molecule has 1 unspecified atom stereocenters. The molecule has 1 aromatic rings. The molecule has 1 aliphatic heterocycles. The van der Waals surface area contributed by atoms with Gasteiger partial charge < -0.3 is 9.47 Å². The maximum atomic E-state index is 9.35. The Bertz CT molecular complexity index is 467. The van der Waals surface area contributed by atoms with Crippen molar-refractivity contribution in [3.8, 4) is 11.8 Å². The number of rotatable bonds is 7. The van der Waals surface area contributed by atoms with Gasteiger partial charge in [-0.3, -0.25) is 10.2 Å². The Kier molecular flexibility index (Phi) is 6.48. The fraction of sp³-hybridized carbons (Fsp3) is 0.562. The van der Waals surface area contributed by atoms with Crippen LogP contribution in [0.4, 0.5) is 0 Å². The quantitative estimate of drug-likeness (QED) is 0.826.